The Morgan fingerprint density at radius 3 is 1.82 bits per heavy atom. The summed E-state index contributed by atoms with van der Waals surface area (Å²) in [5, 5.41) is 0. The monoisotopic (exact) mass is 152 g/mol. The Balaban J connectivity index is 4.12. The minimum absolute atomic E-state index is 0.486. The predicted octanol–water partition coefficient (Wildman–Crippen LogP) is 3.33. The average Bonchev–Trinajstić information content (AvgIpc) is 1.99. The van der Waals surface area contributed by atoms with Crippen molar-refractivity contribution in [3.05, 3.63) is 0 Å². The minimum Gasteiger partial charge on any atom is -0.120 e. The van der Waals surface area contributed by atoms with Crippen LogP contribution in [-0.2, 0) is 0 Å². The van der Waals surface area contributed by atoms with E-state index in [0.717, 1.165) is 12.3 Å². The van der Waals surface area contributed by atoms with Crippen LogP contribution in [0.4, 0.5) is 0 Å². The molecule has 0 heteroatoms. The van der Waals surface area contributed by atoms with Gasteiger partial charge in [0.15, 0.2) is 0 Å². The van der Waals surface area contributed by atoms with E-state index in [4.69, 9.17) is 6.42 Å². The van der Waals surface area contributed by atoms with Crippen LogP contribution >= 0.6 is 0 Å². The Labute approximate surface area is 71.4 Å². The zero-order chi connectivity index (χ0) is 8.85. The highest BCUT2D eigenvalue weighted by Crippen LogP contribution is 2.25. The van der Waals surface area contributed by atoms with Gasteiger partial charge in [0.2, 0.25) is 0 Å². The van der Waals surface area contributed by atoms with Gasteiger partial charge in [-0.2, -0.15) is 0 Å². The summed E-state index contributed by atoms with van der Waals surface area (Å²) >= 11 is 0. The summed E-state index contributed by atoms with van der Waals surface area (Å²) in [6.45, 7) is 8.92. The fourth-order valence-corrected chi connectivity index (χ4v) is 1.76. The van der Waals surface area contributed by atoms with Gasteiger partial charge in [-0.1, -0.05) is 34.1 Å². The second kappa shape index (κ2) is 5.24. The van der Waals surface area contributed by atoms with Crippen molar-refractivity contribution >= 4 is 0 Å². The van der Waals surface area contributed by atoms with Gasteiger partial charge in [0.25, 0.3) is 0 Å². The predicted molar refractivity (Wildman–Crippen MR) is 51.2 cm³/mol. The van der Waals surface area contributed by atoms with Crippen LogP contribution in [0.15, 0.2) is 0 Å². The highest BCUT2D eigenvalue weighted by atomic mass is 14.2. The first kappa shape index (κ1) is 10.6. The first-order valence-corrected chi connectivity index (χ1v) is 4.63. The number of terminal acetylenes is 1. The Bertz CT molecular complexity index is 127. The van der Waals surface area contributed by atoms with Gasteiger partial charge < -0.3 is 0 Å². The lowest BCUT2D eigenvalue weighted by molar-refractivity contribution is 0.289. The zero-order valence-electron chi connectivity index (χ0n) is 8.22. The summed E-state index contributed by atoms with van der Waals surface area (Å²) in [6, 6.07) is 0. The van der Waals surface area contributed by atoms with Crippen molar-refractivity contribution < 1.29 is 0 Å². The first-order valence-electron chi connectivity index (χ1n) is 4.63. The summed E-state index contributed by atoms with van der Waals surface area (Å²) in [6.07, 6.45) is 7.77. The average molecular weight is 152 g/mol. The normalized spacial score (nSPS) is 16.0. The van der Waals surface area contributed by atoms with Crippen molar-refractivity contribution in [1.29, 1.82) is 0 Å². The molecule has 0 N–H and O–H groups in total. The molecule has 0 aliphatic heterocycles. The summed E-state index contributed by atoms with van der Waals surface area (Å²) in [4.78, 5) is 0. The summed E-state index contributed by atoms with van der Waals surface area (Å²) in [5.41, 5.74) is 0. The van der Waals surface area contributed by atoms with E-state index >= 15 is 0 Å². The molecule has 0 bridgehead atoms. The molecule has 0 aliphatic carbocycles. The van der Waals surface area contributed by atoms with E-state index in [2.05, 4.69) is 33.6 Å². The molecule has 2 unspecified atom stereocenters. The van der Waals surface area contributed by atoms with E-state index in [1.807, 2.05) is 0 Å². The molecule has 0 aromatic carbocycles. The smallest absolute Gasteiger partial charge is 0.0228 e. The molecular weight excluding hydrogens is 132 g/mol. The van der Waals surface area contributed by atoms with Gasteiger partial charge in [-0.15, -0.1) is 12.3 Å². The Morgan fingerprint density at radius 1 is 1.18 bits per heavy atom. The molecule has 0 heterocycles. The Hall–Kier alpha value is -0.440. The molecule has 0 saturated heterocycles. The summed E-state index contributed by atoms with van der Waals surface area (Å²) in [7, 11) is 0. The highest BCUT2D eigenvalue weighted by Gasteiger charge is 2.18. The van der Waals surface area contributed by atoms with Gasteiger partial charge in [-0.05, 0) is 18.3 Å². The molecule has 0 fully saturated rings. The zero-order valence-corrected chi connectivity index (χ0v) is 8.22. The summed E-state index contributed by atoms with van der Waals surface area (Å²) in [5.74, 6) is 4.81. The van der Waals surface area contributed by atoms with Crippen LogP contribution in [-0.4, -0.2) is 0 Å². The van der Waals surface area contributed by atoms with Crippen LogP contribution in [0.2, 0.25) is 0 Å². The highest BCUT2D eigenvalue weighted by molar-refractivity contribution is 4.96. The fraction of sp³-hybridized carbons (Fsp3) is 0.818. The van der Waals surface area contributed by atoms with Gasteiger partial charge in [-0.3, -0.25) is 0 Å². The molecule has 0 aliphatic rings. The van der Waals surface area contributed by atoms with Crippen LogP contribution in [0.3, 0.4) is 0 Å². The van der Waals surface area contributed by atoms with Crippen molar-refractivity contribution in [3.63, 3.8) is 0 Å². The van der Waals surface area contributed by atoms with Crippen LogP contribution in [0.25, 0.3) is 0 Å². The molecule has 64 valence electrons. The lowest BCUT2D eigenvalue weighted by Gasteiger charge is -2.24. The lowest BCUT2D eigenvalue weighted by atomic mass is 9.80. The molecule has 0 rings (SSSR count). The lowest BCUT2D eigenvalue weighted by Crippen LogP contribution is -2.17. The Kier molecular flexibility index (Phi) is 5.03. The van der Waals surface area contributed by atoms with E-state index in [1.54, 1.807) is 0 Å². The topological polar surface area (TPSA) is 0 Å². The van der Waals surface area contributed by atoms with Gasteiger partial charge in [0.05, 0.1) is 0 Å². The fourth-order valence-electron chi connectivity index (χ4n) is 1.76. The quantitative estimate of drug-likeness (QED) is 0.542. The third kappa shape index (κ3) is 2.97. The Morgan fingerprint density at radius 2 is 1.73 bits per heavy atom. The first-order chi connectivity index (χ1) is 5.17. The maximum absolute atomic E-state index is 5.45. The van der Waals surface area contributed by atoms with E-state index in [9.17, 15) is 0 Å². The van der Waals surface area contributed by atoms with Crippen LogP contribution in [0.1, 0.15) is 40.5 Å². The van der Waals surface area contributed by atoms with E-state index in [1.165, 1.54) is 6.42 Å². The number of hydrogen-bond acceptors (Lipinski definition) is 0. The molecular formula is C11H20. The van der Waals surface area contributed by atoms with Crippen molar-refractivity contribution in [1.82, 2.24) is 0 Å². The maximum atomic E-state index is 5.45. The second-order valence-electron chi connectivity index (χ2n) is 3.50. The molecule has 11 heavy (non-hydrogen) atoms. The molecule has 0 aromatic heterocycles. The molecule has 0 radical (unpaired) electrons. The van der Waals surface area contributed by atoms with E-state index in [-0.39, 0.29) is 0 Å². The van der Waals surface area contributed by atoms with Crippen molar-refractivity contribution in [2.75, 3.05) is 0 Å². The van der Waals surface area contributed by atoms with E-state index < -0.39 is 0 Å². The van der Waals surface area contributed by atoms with Crippen LogP contribution in [0.5, 0.6) is 0 Å². The molecule has 0 aromatic rings. The molecule has 0 nitrogen and oxygen atoms in total. The van der Waals surface area contributed by atoms with E-state index in [0.29, 0.717) is 11.8 Å². The molecule has 2 atom stereocenters. The van der Waals surface area contributed by atoms with Gasteiger partial charge in [0.1, 0.15) is 0 Å². The van der Waals surface area contributed by atoms with Crippen LogP contribution in [0, 0.1) is 30.1 Å². The SMILES string of the molecule is C#CC(CC)C(CC)C(C)C. The second-order valence-corrected chi connectivity index (χ2v) is 3.50. The summed E-state index contributed by atoms with van der Waals surface area (Å²) < 4.78 is 0. The third-order valence-electron chi connectivity index (χ3n) is 2.50. The van der Waals surface area contributed by atoms with Crippen molar-refractivity contribution in [3.8, 4) is 12.3 Å². The van der Waals surface area contributed by atoms with Gasteiger partial charge >= 0.3 is 0 Å². The molecule has 0 saturated carbocycles. The maximum Gasteiger partial charge on any atom is 0.0228 e. The van der Waals surface area contributed by atoms with Crippen molar-refractivity contribution in [2.45, 2.75) is 40.5 Å². The third-order valence-corrected chi connectivity index (χ3v) is 2.50. The largest absolute Gasteiger partial charge is 0.120 e. The molecule has 0 spiro atoms. The standard InChI is InChI=1S/C11H20/c1-6-10(7-2)11(8-3)9(4)5/h1,9-11H,7-8H2,2-5H3. The van der Waals surface area contributed by atoms with Gasteiger partial charge in [0, 0.05) is 5.92 Å². The van der Waals surface area contributed by atoms with Gasteiger partial charge in [-0.25, -0.2) is 0 Å². The number of rotatable bonds is 4. The van der Waals surface area contributed by atoms with Crippen molar-refractivity contribution in [2.24, 2.45) is 17.8 Å². The minimum atomic E-state index is 0.486. The molecule has 0 amide bonds. The van der Waals surface area contributed by atoms with Crippen LogP contribution < -0.4 is 0 Å². The number of hydrogen-bond donors (Lipinski definition) is 0.